The Hall–Kier alpha value is -3.40. The van der Waals surface area contributed by atoms with Crippen molar-refractivity contribution in [2.24, 2.45) is 0 Å². The van der Waals surface area contributed by atoms with Crippen molar-refractivity contribution in [1.82, 2.24) is 9.97 Å². The van der Waals surface area contributed by atoms with Crippen LogP contribution in [0.2, 0.25) is 0 Å². The predicted molar refractivity (Wildman–Crippen MR) is 127 cm³/mol. The number of hydrogen-bond donors (Lipinski definition) is 3. The molecule has 3 heterocycles. The molecule has 5 aromatic rings. The summed E-state index contributed by atoms with van der Waals surface area (Å²) in [5, 5.41) is 4.63. The molecule has 0 aliphatic rings. The Morgan fingerprint density at radius 1 is 1.06 bits per heavy atom. The van der Waals surface area contributed by atoms with E-state index in [1.165, 1.54) is 7.05 Å². The molecule has 3 aromatic heterocycles. The highest BCUT2D eigenvalue weighted by Crippen LogP contribution is 2.38. The topological polar surface area (TPSA) is 98.3 Å². The Labute approximate surface area is 182 Å². The number of nitrogens with one attached hydrogen (secondary N) is 2. The van der Waals surface area contributed by atoms with Crippen LogP contribution in [0.5, 0.6) is 0 Å². The first-order valence-electron chi connectivity index (χ1n) is 9.43. The van der Waals surface area contributed by atoms with Crippen LogP contribution in [0, 0.1) is 0 Å². The van der Waals surface area contributed by atoms with Crippen molar-refractivity contribution in [3.63, 3.8) is 0 Å². The van der Waals surface area contributed by atoms with Crippen LogP contribution in [-0.2, 0) is 10.3 Å². The molecule has 0 aliphatic heterocycles. The summed E-state index contributed by atoms with van der Waals surface area (Å²) in [6.07, 6.45) is 3.70. The van der Waals surface area contributed by atoms with Crippen molar-refractivity contribution >= 4 is 59.8 Å². The number of anilines is 3. The molecule has 0 aliphatic carbocycles. The number of benzene rings is 2. The van der Waals surface area contributed by atoms with Crippen molar-refractivity contribution in [3.05, 3.63) is 73.1 Å². The molecule has 7 nitrogen and oxygen atoms in total. The van der Waals surface area contributed by atoms with Gasteiger partial charge in [0.1, 0.15) is 0 Å². The van der Waals surface area contributed by atoms with Crippen molar-refractivity contribution < 1.29 is 13.0 Å². The quantitative estimate of drug-likeness (QED) is 0.310. The Morgan fingerprint density at radius 2 is 1.87 bits per heavy atom. The van der Waals surface area contributed by atoms with E-state index in [0.29, 0.717) is 5.69 Å². The van der Waals surface area contributed by atoms with Crippen LogP contribution in [0.1, 0.15) is 0 Å². The van der Waals surface area contributed by atoms with Crippen molar-refractivity contribution in [2.75, 3.05) is 16.7 Å². The first kappa shape index (κ1) is 19.6. The van der Waals surface area contributed by atoms with E-state index in [-0.39, 0.29) is 0 Å². The zero-order chi connectivity index (χ0) is 21.6. The van der Waals surface area contributed by atoms with Crippen molar-refractivity contribution in [1.29, 1.82) is 0 Å². The Bertz CT molecular complexity index is 1510. The summed E-state index contributed by atoms with van der Waals surface area (Å²) >= 11 is 1.61. The van der Waals surface area contributed by atoms with Gasteiger partial charge in [0, 0.05) is 40.9 Å². The Kier molecular flexibility index (Phi) is 4.66. The molecule has 156 valence electrons. The second-order valence-electron chi connectivity index (χ2n) is 7.08. The van der Waals surface area contributed by atoms with E-state index in [0.717, 1.165) is 47.2 Å². The minimum Gasteiger partial charge on any atom is -0.361 e. The molecule has 0 saturated carbocycles. The number of thiophene rings is 1. The Morgan fingerprint density at radius 3 is 2.65 bits per heavy atom. The lowest BCUT2D eigenvalue weighted by Gasteiger charge is -2.14. The number of aromatic nitrogens is 2. The standard InChI is InChI=1S/C22H18N4O3S2/c1-26(31(27,28)29)17-5-2-14(3-6-17)21-13-20-22(30-21)19(9-11-24-20)25-16-4-7-18-15(12-16)8-10-23-18/h2-13,23H,1H3,(H,24,25)(H,27,28,29). The van der Waals surface area contributed by atoms with Gasteiger partial charge in [-0.3, -0.25) is 13.8 Å². The average Bonchev–Trinajstić information content (AvgIpc) is 3.40. The lowest BCUT2D eigenvalue weighted by atomic mass is 10.1. The lowest BCUT2D eigenvalue weighted by molar-refractivity contribution is 0.481. The predicted octanol–water partition coefficient (Wildman–Crippen LogP) is 5.43. The third-order valence-electron chi connectivity index (χ3n) is 5.11. The maximum atomic E-state index is 11.3. The Balaban J connectivity index is 1.48. The van der Waals surface area contributed by atoms with Gasteiger partial charge in [0.25, 0.3) is 0 Å². The zero-order valence-corrected chi connectivity index (χ0v) is 18.0. The van der Waals surface area contributed by atoms with Gasteiger partial charge in [0.05, 0.1) is 21.6 Å². The number of H-pyrrole nitrogens is 1. The lowest BCUT2D eigenvalue weighted by Crippen LogP contribution is -2.25. The zero-order valence-electron chi connectivity index (χ0n) is 16.4. The molecule has 31 heavy (non-hydrogen) atoms. The maximum absolute atomic E-state index is 11.3. The van der Waals surface area contributed by atoms with Crippen LogP contribution < -0.4 is 9.62 Å². The van der Waals surface area contributed by atoms with Gasteiger partial charge in [0.2, 0.25) is 0 Å². The largest absolute Gasteiger partial charge is 0.361 e. The van der Waals surface area contributed by atoms with Gasteiger partial charge >= 0.3 is 10.3 Å². The minimum atomic E-state index is -4.28. The molecule has 9 heteroatoms. The van der Waals surface area contributed by atoms with E-state index in [4.69, 9.17) is 0 Å². The summed E-state index contributed by atoms with van der Waals surface area (Å²) in [5.41, 5.74) is 5.26. The van der Waals surface area contributed by atoms with Crippen molar-refractivity contribution in [2.45, 2.75) is 0 Å². The molecule has 2 aromatic carbocycles. The third kappa shape index (κ3) is 3.74. The first-order chi connectivity index (χ1) is 14.9. The van der Waals surface area contributed by atoms with Gasteiger partial charge in [-0.2, -0.15) is 8.42 Å². The molecule has 0 amide bonds. The van der Waals surface area contributed by atoms with E-state index in [1.807, 2.05) is 48.7 Å². The molecule has 0 unspecified atom stereocenters. The van der Waals surface area contributed by atoms with E-state index >= 15 is 0 Å². The second kappa shape index (κ2) is 7.38. The molecule has 0 spiro atoms. The number of fused-ring (bicyclic) bond motifs is 2. The average molecular weight is 451 g/mol. The van der Waals surface area contributed by atoms with Crippen LogP contribution in [-0.4, -0.2) is 30.0 Å². The van der Waals surface area contributed by atoms with Crippen LogP contribution in [0.15, 0.2) is 73.1 Å². The summed E-state index contributed by atoms with van der Waals surface area (Å²) in [6.45, 7) is 0. The molecule has 0 atom stereocenters. The van der Waals surface area contributed by atoms with Gasteiger partial charge in [-0.05, 0) is 54.1 Å². The van der Waals surface area contributed by atoms with E-state index < -0.39 is 10.3 Å². The monoisotopic (exact) mass is 450 g/mol. The highest BCUT2D eigenvalue weighted by Gasteiger charge is 2.15. The highest BCUT2D eigenvalue weighted by atomic mass is 32.2. The van der Waals surface area contributed by atoms with Crippen LogP contribution in [0.4, 0.5) is 17.1 Å². The van der Waals surface area contributed by atoms with Crippen molar-refractivity contribution in [3.8, 4) is 10.4 Å². The minimum absolute atomic E-state index is 0.382. The van der Waals surface area contributed by atoms with Crippen LogP contribution >= 0.6 is 11.3 Å². The summed E-state index contributed by atoms with van der Waals surface area (Å²) in [4.78, 5) is 8.70. The summed E-state index contributed by atoms with van der Waals surface area (Å²) < 4.78 is 33.7. The molecule has 0 saturated heterocycles. The fourth-order valence-corrected chi connectivity index (χ4v) is 4.91. The van der Waals surface area contributed by atoms with Gasteiger partial charge in [-0.15, -0.1) is 11.3 Å². The fourth-order valence-electron chi connectivity index (χ4n) is 3.43. The van der Waals surface area contributed by atoms with Gasteiger partial charge < -0.3 is 10.3 Å². The van der Waals surface area contributed by atoms with E-state index in [2.05, 4.69) is 21.4 Å². The normalized spacial score (nSPS) is 11.8. The van der Waals surface area contributed by atoms with Crippen LogP contribution in [0.25, 0.3) is 31.6 Å². The number of pyridine rings is 1. The number of hydrogen-bond acceptors (Lipinski definition) is 5. The third-order valence-corrected chi connectivity index (χ3v) is 7.22. The molecule has 0 fully saturated rings. The van der Waals surface area contributed by atoms with E-state index in [1.54, 1.807) is 29.7 Å². The SMILES string of the molecule is CN(c1ccc(-c2cc3nccc(Nc4ccc5[nH]ccc5c4)c3s2)cc1)S(=O)(=O)O. The molecule has 0 bridgehead atoms. The van der Waals surface area contributed by atoms with E-state index in [9.17, 15) is 13.0 Å². The van der Waals surface area contributed by atoms with Gasteiger partial charge in [-0.25, -0.2) is 0 Å². The molecular formula is C22H18N4O3S2. The van der Waals surface area contributed by atoms with Gasteiger partial charge in [0.15, 0.2) is 0 Å². The fraction of sp³-hybridized carbons (Fsp3) is 0.0455. The first-order valence-corrected chi connectivity index (χ1v) is 11.6. The highest BCUT2D eigenvalue weighted by molar-refractivity contribution is 7.87. The number of aromatic amines is 1. The maximum Gasteiger partial charge on any atom is 0.359 e. The smallest absolute Gasteiger partial charge is 0.359 e. The summed E-state index contributed by atoms with van der Waals surface area (Å²) in [5.74, 6) is 0. The van der Waals surface area contributed by atoms with Gasteiger partial charge in [-0.1, -0.05) is 12.1 Å². The summed E-state index contributed by atoms with van der Waals surface area (Å²) in [7, 11) is -2.98. The molecule has 5 rings (SSSR count). The molecular weight excluding hydrogens is 432 g/mol. The number of nitrogens with zero attached hydrogens (tertiary/aromatic N) is 2. The number of rotatable bonds is 5. The summed E-state index contributed by atoms with van der Waals surface area (Å²) in [6, 6.07) is 19.1. The second-order valence-corrected chi connectivity index (χ2v) is 9.58. The molecule has 0 radical (unpaired) electrons. The molecule has 3 N–H and O–H groups in total. The van der Waals surface area contributed by atoms with Crippen LogP contribution in [0.3, 0.4) is 0 Å².